The van der Waals surface area contributed by atoms with E-state index in [1.54, 1.807) is 7.11 Å². The van der Waals surface area contributed by atoms with Crippen LogP contribution in [0.5, 0.6) is 5.75 Å². The second-order valence-electron chi connectivity index (χ2n) is 4.10. The minimum atomic E-state index is 0.919. The van der Waals surface area contributed by atoms with Gasteiger partial charge in [0.1, 0.15) is 12.8 Å². The van der Waals surface area contributed by atoms with Crippen LogP contribution in [-0.2, 0) is 13.5 Å². The van der Waals surface area contributed by atoms with Gasteiger partial charge in [-0.15, -0.1) is 0 Å². The Balaban J connectivity index is 2.79. The van der Waals surface area contributed by atoms with Gasteiger partial charge in [-0.05, 0) is 23.6 Å². The summed E-state index contributed by atoms with van der Waals surface area (Å²) in [6.45, 7) is 4.33. The van der Waals surface area contributed by atoms with Gasteiger partial charge in [-0.2, -0.15) is 0 Å². The molecule has 0 spiro atoms. The molecule has 0 fully saturated rings. The van der Waals surface area contributed by atoms with E-state index in [1.165, 1.54) is 22.2 Å². The topological polar surface area (TPSA) is 13.1 Å². The fourth-order valence-electron chi connectivity index (χ4n) is 2.19. The molecular weight excluding hydrogens is 198 g/mol. The average molecular weight is 216 g/mol. The monoisotopic (exact) mass is 216 g/mol. The minimum Gasteiger partial charge on any atom is -0.497 e. The maximum Gasteiger partial charge on any atom is 0.188 e. The molecule has 0 radical (unpaired) electrons. The molecule has 0 saturated carbocycles. The Morgan fingerprint density at radius 1 is 1.25 bits per heavy atom. The van der Waals surface area contributed by atoms with Gasteiger partial charge in [-0.3, -0.25) is 0 Å². The van der Waals surface area contributed by atoms with E-state index < -0.39 is 0 Å². The van der Waals surface area contributed by atoms with Crippen LogP contribution in [0.3, 0.4) is 0 Å². The molecule has 2 heteroatoms. The van der Waals surface area contributed by atoms with Crippen LogP contribution in [0.15, 0.2) is 24.3 Å². The second kappa shape index (κ2) is 4.12. The van der Waals surface area contributed by atoms with Crippen molar-refractivity contribution in [3.63, 3.8) is 0 Å². The number of nitrogens with zero attached hydrogens (tertiary/aromatic N) is 1. The average Bonchev–Trinajstić information content (AvgIpc) is 2.30. The number of hydrogen-bond donors (Lipinski definition) is 0. The molecule has 0 amide bonds. The van der Waals surface area contributed by atoms with Gasteiger partial charge in [0.25, 0.3) is 0 Å². The normalized spacial score (nSPS) is 10.8. The van der Waals surface area contributed by atoms with Gasteiger partial charge in [0.05, 0.1) is 7.11 Å². The van der Waals surface area contributed by atoms with Gasteiger partial charge in [-0.1, -0.05) is 6.92 Å². The van der Waals surface area contributed by atoms with E-state index in [9.17, 15) is 0 Å². The highest BCUT2D eigenvalue weighted by Gasteiger charge is 2.13. The van der Waals surface area contributed by atoms with Crippen molar-refractivity contribution in [2.75, 3.05) is 7.11 Å². The van der Waals surface area contributed by atoms with Crippen molar-refractivity contribution < 1.29 is 9.30 Å². The number of aromatic nitrogens is 1. The Hall–Kier alpha value is -1.57. The van der Waals surface area contributed by atoms with Crippen LogP contribution in [0.2, 0.25) is 0 Å². The lowest BCUT2D eigenvalue weighted by atomic mass is 10.1. The minimum absolute atomic E-state index is 0.919. The number of hydrogen-bond acceptors (Lipinski definition) is 1. The third kappa shape index (κ3) is 1.64. The molecule has 1 aromatic heterocycles. The number of ether oxygens (including phenoxy) is 1. The van der Waals surface area contributed by atoms with Crippen LogP contribution >= 0.6 is 0 Å². The smallest absolute Gasteiger partial charge is 0.188 e. The summed E-state index contributed by atoms with van der Waals surface area (Å²) in [7, 11) is 3.83. The first-order chi connectivity index (χ1) is 7.67. The van der Waals surface area contributed by atoms with E-state index in [0.29, 0.717) is 0 Å². The predicted molar refractivity (Wildman–Crippen MR) is 65.8 cm³/mol. The summed E-state index contributed by atoms with van der Waals surface area (Å²) < 4.78 is 7.52. The molecule has 0 unspecified atom stereocenters. The maximum absolute atomic E-state index is 5.26. The molecule has 1 heterocycles. The van der Waals surface area contributed by atoms with Gasteiger partial charge in [0.2, 0.25) is 0 Å². The quantitative estimate of drug-likeness (QED) is 0.703. The Bertz CT molecular complexity index is 532. The number of aryl methyl sites for hydroxylation is 2. The summed E-state index contributed by atoms with van der Waals surface area (Å²) >= 11 is 0. The second-order valence-corrected chi connectivity index (χ2v) is 4.10. The Labute approximate surface area is 96.5 Å². The standard InChI is InChI=1S/C14H18NO/c1-5-14-13-7-6-12(16-4)9-11(13)8-10(2)15(14)3/h6-9H,5H2,1-4H3/q+1. The molecule has 1 aromatic carbocycles. The van der Waals surface area contributed by atoms with E-state index in [0.717, 1.165) is 12.2 Å². The maximum atomic E-state index is 5.26. The lowest BCUT2D eigenvalue weighted by Crippen LogP contribution is -2.36. The van der Waals surface area contributed by atoms with Crippen LogP contribution in [0.4, 0.5) is 0 Å². The molecule has 0 aliphatic carbocycles. The molecule has 2 nitrogen and oxygen atoms in total. The van der Waals surface area contributed by atoms with Gasteiger partial charge in [0, 0.05) is 24.8 Å². The Kier molecular flexibility index (Phi) is 2.82. The lowest BCUT2D eigenvalue weighted by Gasteiger charge is -2.07. The summed E-state index contributed by atoms with van der Waals surface area (Å²) in [4.78, 5) is 0. The van der Waals surface area contributed by atoms with Gasteiger partial charge in [-0.25, -0.2) is 4.57 Å². The Morgan fingerprint density at radius 2 is 2.00 bits per heavy atom. The fourth-order valence-corrected chi connectivity index (χ4v) is 2.19. The zero-order valence-corrected chi connectivity index (χ0v) is 10.4. The fraction of sp³-hybridized carbons (Fsp3) is 0.357. The summed E-state index contributed by atoms with van der Waals surface area (Å²) in [6.07, 6.45) is 1.04. The Morgan fingerprint density at radius 3 is 2.62 bits per heavy atom. The van der Waals surface area contributed by atoms with Crippen molar-refractivity contribution in [1.82, 2.24) is 0 Å². The SMILES string of the molecule is CCc1c2ccc(OC)cc2cc(C)[n+]1C. The highest BCUT2D eigenvalue weighted by Crippen LogP contribution is 2.22. The van der Waals surface area contributed by atoms with Crippen LogP contribution in [0.25, 0.3) is 10.8 Å². The van der Waals surface area contributed by atoms with Crippen molar-refractivity contribution in [2.45, 2.75) is 20.3 Å². The van der Waals surface area contributed by atoms with Crippen molar-refractivity contribution >= 4 is 10.8 Å². The van der Waals surface area contributed by atoms with Gasteiger partial charge in [0.15, 0.2) is 11.4 Å². The highest BCUT2D eigenvalue weighted by molar-refractivity contribution is 5.85. The summed E-state index contributed by atoms with van der Waals surface area (Å²) in [5.41, 5.74) is 2.65. The predicted octanol–water partition coefficient (Wildman–Crippen LogP) is 2.54. The van der Waals surface area contributed by atoms with Gasteiger partial charge < -0.3 is 4.74 Å². The first kappa shape index (κ1) is 10.9. The van der Waals surface area contributed by atoms with E-state index >= 15 is 0 Å². The number of fused-ring (bicyclic) bond motifs is 1. The number of methoxy groups -OCH3 is 1. The van der Waals surface area contributed by atoms with E-state index in [4.69, 9.17) is 4.74 Å². The molecule has 16 heavy (non-hydrogen) atoms. The number of pyridine rings is 1. The van der Waals surface area contributed by atoms with Crippen molar-refractivity contribution in [1.29, 1.82) is 0 Å². The highest BCUT2D eigenvalue weighted by atomic mass is 16.5. The molecule has 2 rings (SSSR count). The zero-order chi connectivity index (χ0) is 11.7. The van der Waals surface area contributed by atoms with Crippen molar-refractivity contribution in [3.8, 4) is 5.75 Å². The first-order valence-electron chi connectivity index (χ1n) is 5.63. The molecular formula is C14H18NO+. The summed E-state index contributed by atoms with van der Waals surface area (Å²) in [5.74, 6) is 0.919. The van der Waals surface area contributed by atoms with Crippen LogP contribution in [0.1, 0.15) is 18.3 Å². The van der Waals surface area contributed by atoms with Crippen LogP contribution in [0, 0.1) is 6.92 Å². The molecule has 0 atom stereocenters. The van der Waals surface area contributed by atoms with Gasteiger partial charge >= 0.3 is 0 Å². The van der Waals surface area contributed by atoms with Crippen molar-refractivity contribution in [3.05, 3.63) is 35.7 Å². The van der Waals surface area contributed by atoms with Crippen molar-refractivity contribution in [2.24, 2.45) is 7.05 Å². The molecule has 84 valence electrons. The van der Waals surface area contributed by atoms with E-state index in [2.05, 4.69) is 43.7 Å². The molecule has 0 saturated heterocycles. The largest absolute Gasteiger partial charge is 0.497 e. The first-order valence-corrected chi connectivity index (χ1v) is 5.63. The number of rotatable bonds is 2. The van der Waals surface area contributed by atoms with E-state index in [-0.39, 0.29) is 0 Å². The zero-order valence-electron chi connectivity index (χ0n) is 10.4. The molecule has 0 aliphatic rings. The third-order valence-corrected chi connectivity index (χ3v) is 3.20. The van der Waals surface area contributed by atoms with Crippen LogP contribution in [-0.4, -0.2) is 7.11 Å². The lowest BCUT2D eigenvalue weighted by molar-refractivity contribution is -0.683. The summed E-state index contributed by atoms with van der Waals surface area (Å²) in [6, 6.07) is 8.47. The molecule has 2 aromatic rings. The van der Waals surface area contributed by atoms with Crippen LogP contribution < -0.4 is 9.30 Å². The number of benzene rings is 1. The molecule has 0 N–H and O–H groups in total. The third-order valence-electron chi connectivity index (χ3n) is 3.20. The van der Waals surface area contributed by atoms with E-state index in [1.807, 2.05) is 6.07 Å². The molecule has 0 aliphatic heterocycles. The molecule has 0 bridgehead atoms. The summed E-state index contributed by atoms with van der Waals surface area (Å²) in [5, 5.41) is 2.57.